The van der Waals surface area contributed by atoms with E-state index in [-0.39, 0.29) is 24.2 Å². The highest BCUT2D eigenvalue weighted by Gasteiger charge is 2.02. The number of halogens is 2. The van der Waals surface area contributed by atoms with Crippen molar-refractivity contribution in [3.8, 4) is 0 Å². The first-order chi connectivity index (χ1) is 5.24. The number of pyridine rings is 1. The van der Waals surface area contributed by atoms with Crippen molar-refractivity contribution in [1.29, 1.82) is 0 Å². The van der Waals surface area contributed by atoms with Crippen LogP contribution in [-0.4, -0.2) is 16.1 Å². The Kier molecular flexibility index (Phi) is 5.33. The Hall–Kier alpha value is -0.220. The van der Waals surface area contributed by atoms with Gasteiger partial charge in [0.2, 0.25) is 0 Å². The van der Waals surface area contributed by atoms with E-state index in [1.54, 1.807) is 18.3 Å². The lowest BCUT2D eigenvalue weighted by molar-refractivity contribution is -0.0000101. The van der Waals surface area contributed by atoms with E-state index in [1.807, 2.05) is 6.92 Å². The number of rotatable bonds is 2. The van der Waals surface area contributed by atoms with Crippen molar-refractivity contribution in [2.45, 2.75) is 6.92 Å². The maximum absolute atomic E-state index is 11.1. The van der Waals surface area contributed by atoms with E-state index >= 15 is 0 Å². The van der Waals surface area contributed by atoms with Crippen LogP contribution in [0.1, 0.15) is 17.5 Å². The number of hydrogen-bond donors (Lipinski definition) is 0. The highest BCUT2D eigenvalue weighted by Crippen LogP contribution is 2.03. The van der Waals surface area contributed by atoms with Gasteiger partial charge in [0.05, 0.1) is 5.33 Å². The van der Waals surface area contributed by atoms with E-state index in [9.17, 15) is 4.79 Å². The fourth-order valence-electron chi connectivity index (χ4n) is 0.796. The molecule has 0 saturated carbocycles. The summed E-state index contributed by atoms with van der Waals surface area (Å²) >= 11 is 3.11. The van der Waals surface area contributed by atoms with Crippen LogP contribution >= 0.6 is 15.9 Å². The molecule has 1 aromatic rings. The summed E-state index contributed by atoms with van der Waals surface area (Å²) in [6, 6.07) is 3.50. The molecule has 0 amide bonds. The maximum atomic E-state index is 11.1. The fraction of sp³-hybridized carbons (Fsp3) is 0.250. The van der Waals surface area contributed by atoms with Crippen LogP contribution in [0.15, 0.2) is 18.3 Å². The van der Waals surface area contributed by atoms with Crippen LogP contribution in [0.25, 0.3) is 0 Å². The number of alkyl halides is 1. The average Bonchev–Trinajstić information content (AvgIpc) is 2.03. The van der Waals surface area contributed by atoms with Gasteiger partial charge in [0.15, 0.2) is 5.78 Å². The Morgan fingerprint density at radius 1 is 1.75 bits per heavy atom. The van der Waals surface area contributed by atoms with Crippen LogP contribution in [0.3, 0.4) is 0 Å². The van der Waals surface area contributed by atoms with Gasteiger partial charge in [-0.25, -0.2) is 0 Å². The fourth-order valence-corrected chi connectivity index (χ4v) is 1.12. The number of nitrogens with zero attached hydrogens (tertiary/aromatic N) is 1. The number of aryl methyl sites for hydroxylation is 1. The Morgan fingerprint density at radius 2 is 2.42 bits per heavy atom. The van der Waals surface area contributed by atoms with Gasteiger partial charge in [-0.05, 0) is 19.1 Å². The summed E-state index contributed by atoms with van der Waals surface area (Å²) < 4.78 is 0. The maximum Gasteiger partial charge on any atom is 1.00 e. The summed E-state index contributed by atoms with van der Waals surface area (Å²) in [5.74, 6) is 0.0931. The van der Waals surface area contributed by atoms with Crippen molar-refractivity contribution < 1.29 is 23.2 Å². The molecule has 1 heterocycles. The third kappa shape index (κ3) is 3.03. The lowest BCUT2D eigenvalue weighted by Crippen LogP contribution is -3.00. The molecule has 0 aliphatic carbocycles. The van der Waals surface area contributed by atoms with Crippen LogP contribution in [0.2, 0.25) is 0 Å². The van der Waals surface area contributed by atoms with E-state index in [0.29, 0.717) is 5.33 Å². The molecule has 0 unspecified atom stereocenters. The molecule has 0 radical (unpaired) electrons. The number of Topliss-reactive ketones (excluding diaryl/α,β-unsaturated/α-hetero) is 1. The summed E-state index contributed by atoms with van der Waals surface area (Å²) in [6.07, 6.45) is 1.64. The molecule has 0 saturated heterocycles. The van der Waals surface area contributed by atoms with Crippen molar-refractivity contribution in [2.24, 2.45) is 0 Å². The topological polar surface area (TPSA) is 30.0 Å². The molecule has 12 heavy (non-hydrogen) atoms. The van der Waals surface area contributed by atoms with Crippen LogP contribution < -0.4 is 17.0 Å². The Labute approximate surface area is 91.8 Å². The number of ketones is 1. The van der Waals surface area contributed by atoms with E-state index < -0.39 is 0 Å². The first-order valence-electron chi connectivity index (χ1n) is 3.26. The molecule has 0 aliphatic rings. The van der Waals surface area contributed by atoms with Gasteiger partial charge in [-0.1, -0.05) is 15.9 Å². The number of carbonyl (C=O) groups is 1. The first kappa shape index (κ1) is 11.8. The zero-order valence-corrected chi connectivity index (χ0v) is 9.72. The lowest BCUT2D eigenvalue weighted by Gasteiger charge is -1.96. The highest BCUT2D eigenvalue weighted by molar-refractivity contribution is 9.09. The quantitative estimate of drug-likeness (QED) is 0.522. The SMILES string of the molecule is Cc1cc(C(=O)CBr)ccn1.[Br-].[H+]. The van der Waals surface area contributed by atoms with Gasteiger partial charge < -0.3 is 17.0 Å². The minimum absolute atomic E-state index is 0. The third-order valence-electron chi connectivity index (χ3n) is 1.34. The molecular formula is C8H9Br2NO. The van der Waals surface area contributed by atoms with Crippen LogP contribution in [0.5, 0.6) is 0 Å². The first-order valence-corrected chi connectivity index (χ1v) is 4.38. The van der Waals surface area contributed by atoms with Crippen molar-refractivity contribution >= 4 is 21.7 Å². The molecule has 0 aromatic carbocycles. The normalized spacial score (nSPS) is 8.83. The van der Waals surface area contributed by atoms with Crippen LogP contribution in [0, 0.1) is 6.92 Å². The summed E-state index contributed by atoms with van der Waals surface area (Å²) in [5.41, 5.74) is 1.59. The Morgan fingerprint density at radius 3 is 2.92 bits per heavy atom. The van der Waals surface area contributed by atoms with E-state index in [0.717, 1.165) is 11.3 Å². The molecule has 0 spiro atoms. The minimum atomic E-state index is 0. The standard InChI is InChI=1S/C8H8BrNO.BrH/c1-6-4-7(2-3-10-6)8(11)5-9;/h2-4H,5H2,1H3;1H. The molecule has 0 atom stereocenters. The minimum Gasteiger partial charge on any atom is -1.00 e. The molecule has 2 nitrogen and oxygen atoms in total. The summed E-state index contributed by atoms with van der Waals surface area (Å²) in [7, 11) is 0. The van der Waals surface area contributed by atoms with Gasteiger partial charge in [0.25, 0.3) is 0 Å². The van der Waals surface area contributed by atoms with Crippen LogP contribution in [0.4, 0.5) is 0 Å². The molecule has 4 heteroatoms. The molecule has 0 aliphatic heterocycles. The number of hydrogen-bond acceptors (Lipinski definition) is 2. The van der Waals surface area contributed by atoms with Crippen LogP contribution in [-0.2, 0) is 0 Å². The Bertz CT molecular complexity index is 281. The van der Waals surface area contributed by atoms with Gasteiger partial charge >= 0.3 is 1.43 Å². The number of carbonyl (C=O) groups excluding carboxylic acids is 1. The largest absolute Gasteiger partial charge is 1.00 e. The van der Waals surface area contributed by atoms with Crippen molar-refractivity contribution in [2.75, 3.05) is 5.33 Å². The van der Waals surface area contributed by atoms with E-state index in [1.165, 1.54) is 0 Å². The lowest BCUT2D eigenvalue weighted by atomic mass is 10.2. The summed E-state index contributed by atoms with van der Waals surface area (Å²) in [5, 5.41) is 0.371. The Balaban J connectivity index is 0. The van der Waals surface area contributed by atoms with Gasteiger partial charge in [0, 0.05) is 17.5 Å². The smallest absolute Gasteiger partial charge is 1.00 e. The van der Waals surface area contributed by atoms with Crippen molar-refractivity contribution in [1.82, 2.24) is 4.98 Å². The van der Waals surface area contributed by atoms with E-state index in [4.69, 9.17) is 0 Å². The number of aromatic nitrogens is 1. The molecule has 0 N–H and O–H groups in total. The zero-order chi connectivity index (χ0) is 8.27. The second-order valence-corrected chi connectivity index (χ2v) is 2.80. The average molecular weight is 295 g/mol. The van der Waals surface area contributed by atoms with Crippen molar-refractivity contribution in [3.63, 3.8) is 0 Å². The van der Waals surface area contributed by atoms with Gasteiger partial charge in [-0.15, -0.1) is 0 Å². The second-order valence-electron chi connectivity index (χ2n) is 2.24. The van der Waals surface area contributed by atoms with E-state index in [2.05, 4.69) is 20.9 Å². The molecular weight excluding hydrogens is 286 g/mol. The highest BCUT2D eigenvalue weighted by atomic mass is 79.9. The molecule has 66 valence electrons. The molecule has 0 bridgehead atoms. The summed E-state index contributed by atoms with van der Waals surface area (Å²) in [6.45, 7) is 1.87. The molecule has 1 rings (SSSR count). The second kappa shape index (κ2) is 5.43. The molecule has 0 fully saturated rings. The van der Waals surface area contributed by atoms with Gasteiger partial charge in [-0.2, -0.15) is 0 Å². The predicted octanol–water partition coefficient (Wildman–Crippen LogP) is -0.916. The zero-order valence-electron chi connectivity index (χ0n) is 7.55. The summed E-state index contributed by atoms with van der Waals surface area (Å²) in [4.78, 5) is 15.1. The monoisotopic (exact) mass is 293 g/mol. The third-order valence-corrected chi connectivity index (χ3v) is 1.85. The predicted molar refractivity (Wildman–Crippen MR) is 48.2 cm³/mol. The van der Waals surface area contributed by atoms with Gasteiger partial charge in [0.1, 0.15) is 0 Å². The van der Waals surface area contributed by atoms with Gasteiger partial charge in [-0.3, -0.25) is 9.78 Å². The molecule has 1 aromatic heterocycles. The van der Waals surface area contributed by atoms with Crippen molar-refractivity contribution in [3.05, 3.63) is 29.6 Å².